The first-order valence-electron chi connectivity index (χ1n) is 8.69. The molecule has 5 nitrogen and oxygen atoms in total. The Balaban J connectivity index is 1.96. The lowest BCUT2D eigenvalue weighted by atomic mass is 10.1. The maximum absolute atomic E-state index is 12.2. The summed E-state index contributed by atoms with van der Waals surface area (Å²) in [6.45, 7) is 6.37. The van der Waals surface area contributed by atoms with Gasteiger partial charge in [0.2, 0.25) is 5.90 Å². The minimum Gasteiger partial charge on any atom is -0.490 e. The van der Waals surface area contributed by atoms with Crippen LogP contribution >= 0.6 is 22.6 Å². The van der Waals surface area contributed by atoms with E-state index in [4.69, 9.17) is 14.2 Å². The van der Waals surface area contributed by atoms with Crippen LogP contribution in [0, 0.1) is 3.57 Å². The molecule has 0 aromatic heterocycles. The summed E-state index contributed by atoms with van der Waals surface area (Å²) < 4.78 is 17.8. The van der Waals surface area contributed by atoms with Crippen LogP contribution in [-0.4, -0.2) is 24.6 Å². The number of esters is 1. The Morgan fingerprint density at radius 1 is 1.22 bits per heavy atom. The minimum absolute atomic E-state index is 0.0322. The Labute approximate surface area is 172 Å². The van der Waals surface area contributed by atoms with Crippen LogP contribution in [-0.2, 0) is 9.53 Å². The summed E-state index contributed by atoms with van der Waals surface area (Å²) in [6, 6.07) is 13.1. The molecule has 0 spiro atoms. The van der Waals surface area contributed by atoms with Crippen LogP contribution in [0.3, 0.4) is 0 Å². The summed E-state index contributed by atoms with van der Waals surface area (Å²) >= 11 is 2.20. The molecule has 0 radical (unpaired) electrons. The molecule has 2 aromatic carbocycles. The molecule has 0 fully saturated rings. The van der Waals surface area contributed by atoms with Crippen molar-refractivity contribution in [2.24, 2.45) is 4.99 Å². The van der Waals surface area contributed by atoms with Gasteiger partial charge in [-0.3, -0.25) is 0 Å². The van der Waals surface area contributed by atoms with Gasteiger partial charge in [0.15, 0.2) is 17.2 Å². The SMILES string of the molecule is CCOc1cc(/C=C2\N=C(c3ccccc3)OC2=O)cc(I)c1OC(C)C. The van der Waals surface area contributed by atoms with Crippen LogP contribution in [0.2, 0.25) is 0 Å². The molecule has 1 aliphatic rings. The zero-order valence-electron chi connectivity index (χ0n) is 15.4. The molecular weight excluding hydrogens is 457 g/mol. The number of hydrogen-bond donors (Lipinski definition) is 0. The van der Waals surface area contributed by atoms with E-state index in [1.54, 1.807) is 6.08 Å². The molecular formula is C21H20INO4. The third-order valence-corrected chi connectivity index (χ3v) is 4.43. The molecule has 1 heterocycles. The van der Waals surface area contributed by atoms with Crippen LogP contribution < -0.4 is 9.47 Å². The van der Waals surface area contributed by atoms with E-state index in [-0.39, 0.29) is 11.8 Å². The fourth-order valence-electron chi connectivity index (χ4n) is 2.56. The van der Waals surface area contributed by atoms with Gasteiger partial charge in [-0.2, -0.15) is 0 Å². The van der Waals surface area contributed by atoms with Gasteiger partial charge in [-0.05, 0) is 79.3 Å². The standard InChI is InChI=1S/C21H20INO4/c1-4-25-18-12-14(10-16(22)19(18)26-13(2)3)11-17-21(24)27-20(23-17)15-8-6-5-7-9-15/h5-13H,4H2,1-3H3/b17-11-. The Morgan fingerprint density at radius 3 is 2.63 bits per heavy atom. The molecule has 0 N–H and O–H groups in total. The molecule has 0 bridgehead atoms. The van der Waals surface area contributed by atoms with E-state index in [1.165, 1.54) is 0 Å². The number of carbonyl (C=O) groups is 1. The molecule has 0 aliphatic carbocycles. The van der Waals surface area contributed by atoms with Gasteiger partial charge in [-0.25, -0.2) is 9.79 Å². The Bertz CT molecular complexity index is 904. The van der Waals surface area contributed by atoms with Crippen LogP contribution in [0.25, 0.3) is 6.08 Å². The Hall–Kier alpha value is -2.35. The predicted molar refractivity (Wildman–Crippen MR) is 113 cm³/mol. The molecule has 6 heteroatoms. The molecule has 0 saturated heterocycles. The number of ether oxygens (including phenoxy) is 3. The highest BCUT2D eigenvalue weighted by Crippen LogP contribution is 2.36. The molecule has 1 aliphatic heterocycles. The van der Waals surface area contributed by atoms with Crippen molar-refractivity contribution < 1.29 is 19.0 Å². The van der Waals surface area contributed by atoms with E-state index >= 15 is 0 Å². The maximum atomic E-state index is 12.2. The predicted octanol–water partition coefficient (Wildman–Crippen LogP) is 4.82. The zero-order valence-corrected chi connectivity index (χ0v) is 17.5. The van der Waals surface area contributed by atoms with Crippen molar-refractivity contribution in [1.29, 1.82) is 0 Å². The van der Waals surface area contributed by atoms with Gasteiger partial charge in [0.1, 0.15) is 0 Å². The lowest BCUT2D eigenvalue weighted by Gasteiger charge is -2.16. The van der Waals surface area contributed by atoms with Crippen molar-refractivity contribution in [2.45, 2.75) is 26.9 Å². The largest absolute Gasteiger partial charge is 0.490 e. The normalized spacial score (nSPS) is 15.1. The highest BCUT2D eigenvalue weighted by Gasteiger charge is 2.24. The van der Waals surface area contributed by atoms with Crippen LogP contribution in [0.15, 0.2) is 53.2 Å². The van der Waals surface area contributed by atoms with Gasteiger partial charge in [-0.1, -0.05) is 18.2 Å². The lowest BCUT2D eigenvalue weighted by molar-refractivity contribution is -0.129. The summed E-state index contributed by atoms with van der Waals surface area (Å²) in [7, 11) is 0. The first kappa shape index (κ1) is 19.4. The van der Waals surface area contributed by atoms with Crippen LogP contribution in [0.1, 0.15) is 31.9 Å². The fourth-order valence-corrected chi connectivity index (χ4v) is 3.31. The van der Waals surface area contributed by atoms with Crippen molar-refractivity contribution in [2.75, 3.05) is 6.61 Å². The second-order valence-corrected chi connectivity index (χ2v) is 7.29. The summed E-state index contributed by atoms with van der Waals surface area (Å²) in [5, 5.41) is 0. The van der Waals surface area contributed by atoms with Crippen molar-refractivity contribution in [3.63, 3.8) is 0 Å². The summed E-state index contributed by atoms with van der Waals surface area (Å²) in [4.78, 5) is 16.5. The third-order valence-electron chi connectivity index (χ3n) is 3.63. The van der Waals surface area contributed by atoms with E-state index in [9.17, 15) is 4.79 Å². The number of rotatable bonds is 6. The quantitative estimate of drug-likeness (QED) is 0.340. The van der Waals surface area contributed by atoms with E-state index in [0.29, 0.717) is 24.0 Å². The van der Waals surface area contributed by atoms with Crippen molar-refractivity contribution >= 4 is 40.5 Å². The molecule has 0 unspecified atom stereocenters. The van der Waals surface area contributed by atoms with E-state index in [2.05, 4.69) is 27.6 Å². The second-order valence-electron chi connectivity index (χ2n) is 6.13. The summed E-state index contributed by atoms with van der Waals surface area (Å²) in [5.74, 6) is 1.19. The number of cyclic esters (lactones) is 1. The molecule has 27 heavy (non-hydrogen) atoms. The number of halogens is 1. The van der Waals surface area contributed by atoms with Gasteiger partial charge in [0, 0.05) is 5.56 Å². The van der Waals surface area contributed by atoms with E-state index < -0.39 is 5.97 Å². The van der Waals surface area contributed by atoms with Gasteiger partial charge in [-0.15, -0.1) is 0 Å². The topological polar surface area (TPSA) is 57.1 Å². The summed E-state index contributed by atoms with van der Waals surface area (Å²) in [6.07, 6.45) is 1.73. The van der Waals surface area contributed by atoms with E-state index in [1.807, 2.05) is 63.2 Å². The number of aliphatic imine (C=N–C) groups is 1. The molecule has 0 amide bonds. The lowest BCUT2D eigenvalue weighted by Crippen LogP contribution is -2.09. The number of carbonyl (C=O) groups excluding carboxylic acids is 1. The van der Waals surface area contributed by atoms with E-state index in [0.717, 1.165) is 14.7 Å². The first-order chi connectivity index (χ1) is 13.0. The molecule has 3 rings (SSSR count). The first-order valence-corrected chi connectivity index (χ1v) is 9.76. The average Bonchev–Trinajstić information content (AvgIpc) is 2.99. The monoisotopic (exact) mass is 477 g/mol. The number of nitrogens with zero attached hydrogens (tertiary/aromatic N) is 1. The second kappa shape index (κ2) is 8.56. The summed E-state index contributed by atoms with van der Waals surface area (Å²) in [5.41, 5.74) is 1.81. The Kier molecular flexibility index (Phi) is 6.15. The smallest absolute Gasteiger partial charge is 0.363 e. The maximum Gasteiger partial charge on any atom is 0.363 e. The van der Waals surface area contributed by atoms with Crippen molar-refractivity contribution in [3.8, 4) is 11.5 Å². The van der Waals surface area contributed by atoms with Crippen molar-refractivity contribution in [3.05, 3.63) is 62.9 Å². The highest BCUT2D eigenvalue weighted by atomic mass is 127. The highest BCUT2D eigenvalue weighted by molar-refractivity contribution is 14.1. The number of hydrogen-bond acceptors (Lipinski definition) is 5. The Morgan fingerprint density at radius 2 is 1.96 bits per heavy atom. The molecule has 2 aromatic rings. The van der Waals surface area contributed by atoms with Gasteiger partial charge in [0.05, 0.1) is 16.3 Å². The zero-order chi connectivity index (χ0) is 19.4. The van der Waals surface area contributed by atoms with Gasteiger partial charge in [0.25, 0.3) is 0 Å². The average molecular weight is 477 g/mol. The molecule has 0 saturated carbocycles. The fraction of sp³-hybridized carbons (Fsp3) is 0.238. The minimum atomic E-state index is -0.468. The van der Waals surface area contributed by atoms with Crippen LogP contribution in [0.4, 0.5) is 0 Å². The molecule has 140 valence electrons. The van der Waals surface area contributed by atoms with Crippen LogP contribution in [0.5, 0.6) is 11.5 Å². The third kappa shape index (κ3) is 4.68. The number of benzene rings is 2. The van der Waals surface area contributed by atoms with Crippen molar-refractivity contribution in [1.82, 2.24) is 0 Å². The van der Waals surface area contributed by atoms with Gasteiger partial charge >= 0.3 is 5.97 Å². The molecule has 0 atom stereocenters. The van der Waals surface area contributed by atoms with Gasteiger partial charge < -0.3 is 14.2 Å².